The number of aryl methyl sites for hydroxylation is 1. The van der Waals surface area contributed by atoms with Crippen LogP contribution in [0, 0.1) is 6.92 Å². The van der Waals surface area contributed by atoms with Crippen LogP contribution in [0.25, 0.3) is 0 Å². The van der Waals surface area contributed by atoms with Gasteiger partial charge in [0.25, 0.3) is 0 Å². The molecule has 0 aromatic heterocycles. The van der Waals surface area contributed by atoms with Gasteiger partial charge in [0.1, 0.15) is 5.75 Å². The number of hydrogen-bond donors (Lipinski definition) is 2. The molecule has 0 fully saturated rings. The van der Waals surface area contributed by atoms with Gasteiger partial charge >= 0.3 is 5.97 Å². The number of benzene rings is 1. The van der Waals surface area contributed by atoms with E-state index in [0.29, 0.717) is 5.56 Å². The maximum atomic E-state index is 10.7. The molecular formula is C11H14O4. The second-order valence-corrected chi connectivity index (χ2v) is 3.35. The van der Waals surface area contributed by atoms with Gasteiger partial charge in [-0.2, -0.15) is 0 Å². The highest BCUT2D eigenvalue weighted by Crippen LogP contribution is 2.23. The Kier molecular flexibility index (Phi) is 3.68. The minimum atomic E-state index is -1.03. The second-order valence-electron chi connectivity index (χ2n) is 3.35. The zero-order chi connectivity index (χ0) is 11.4. The molecule has 0 saturated carbocycles. The number of carboxylic acid groups (broad SMARTS) is 1. The topological polar surface area (TPSA) is 66.8 Å². The lowest BCUT2D eigenvalue weighted by Gasteiger charge is -2.12. The van der Waals surface area contributed by atoms with Gasteiger partial charge in [0.15, 0.2) is 6.10 Å². The van der Waals surface area contributed by atoms with Crippen LogP contribution in [0.15, 0.2) is 18.2 Å². The number of aromatic hydroxyl groups is 1. The summed E-state index contributed by atoms with van der Waals surface area (Å²) in [5.41, 5.74) is 1.32. The summed E-state index contributed by atoms with van der Waals surface area (Å²) in [5.74, 6) is -0.890. The van der Waals surface area contributed by atoms with Crippen molar-refractivity contribution in [1.29, 1.82) is 0 Å². The standard InChI is InChI=1S/C11H14O4/c1-7-4-3-5-8(10(7)12)6-9(15-2)11(13)14/h3-5,9,12H,6H2,1-2H3,(H,13,14). The molecule has 1 aromatic rings. The van der Waals surface area contributed by atoms with Crippen LogP contribution < -0.4 is 0 Å². The Morgan fingerprint density at radius 1 is 1.53 bits per heavy atom. The Morgan fingerprint density at radius 3 is 2.73 bits per heavy atom. The smallest absolute Gasteiger partial charge is 0.333 e. The van der Waals surface area contributed by atoms with Crippen molar-refractivity contribution in [2.45, 2.75) is 19.4 Å². The van der Waals surface area contributed by atoms with Gasteiger partial charge in [-0.05, 0) is 18.1 Å². The number of para-hydroxylation sites is 1. The van der Waals surface area contributed by atoms with Gasteiger partial charge in [0.05, 0.1) is 0 Å². The fraction of sp³-hybridized carbons (Fsp3) is 0.364. The molecule has 82 valence electrons. The van der Waals surface area contributed by atoms with Gasteiger partial charge in [-0.25, -0.2) is 4.79 Å². The summed E-state index contributed by atoms with van der Waals surface area (Å²) in [7, 11) is 1.34. The summed E-state index contributed by atoms with van der Waals surface area (Å²) >= 11 is 0. The first-order chi connectivity index (χ1) is 7.06. The third-order valence-electron chi connectivity index (χ3n) is 2.29. The Morgan fingerprint density at radius 2 is 2.20 bits per heavy atom. The van der Waals surface area contributed by atoms with Gasteiger partial charge in [0, 0.05) is 13.5 Å². The summed E-state index contributed by atoms with van der Waals surface area (Å²) in [5, 5.41) is 18.5. The first-order valence-corrected chi connectivity index (χ1v) is 4.59. The van der Waals surface area contributed by atoms with Crippen molar-refractivity contribution in [3.63, 3.8) is 0 Å². The first-order valence-electron chi connectivity index (χ1n) is 4.59. The number of carbonyl (C=O) groups is 1. The summed E-state index contributed by atoms with van der Waals surface area (Å²) in [6.07, 6.45) is -0.753. The summed E-state index contributed by atoms with van der Waals surface area (Å²) in [6.45, 7) is 1.77. The van der Waals surface area contributed by atoms with Gasteiger partial charge in [0.2, 0.25) is 0 Å². The molecule has 0 amide bonds. The molecule has 1 atom stereocenters. The Labute approximate surface area is 88.1 Å². The minimum absolute atomic E-state index is 0.140. The van der Waals surface area contributed by atoms with E-state index in [0.717, 1.165) is 5.56 Å². The molecule has 0 aliphatic rings. The summed E-state index contributed by atoms with van der Waals surface area (Å²) in [6, 6.07) is 5.23. The minimum Gasteiger partial charge on any atom is -0.507 e. The van der Waals surface area contributed by atoms with Gasteiger partial charge < -0.3 is 14.9 Å². The molecule has 0 radical (unpaired) electrons. The van der Waals surface area contributed by atoms with E-state index in [1.54, 1.807) is 25.1 Å². The summed E-state index contributed by atoms with van der Waals surface area (Å²) in [4.78, 5) is 10.7. The van der Waals surface area contributed by atoms with Crippen molar-refractivity contribution in [2.24, 2.45) is 0 Å². The van der Waals surface area contributed by atoms with Gasteiger partial charge in [-0.1, -0.05) is 18.2 Å². The number of rotatable bonds is 4. The van der Waals surface area contributed by atoms with Gasteiger partial charge in [-0.3, -0.25) is 0 Å². The number of hydrogen-bond acceptors (Lipinski definition) is 3. The number of phenolic OH excluding ortho intramolecular Hbond substituents is 1. The summed E-state index contributed by atoms with van der Waals surface area (Å²) < 4.78 is 4.80. The Hall–Kier alpha value is -1.55. The van der Waals surface area contributed by atoms with E-state index in [1.165, 1.54) is 7.11 Å². The van der Waals surface area contributed by atoms with Crippen LogP contribution in [0.1, 0.15) is 11.1 Å². The number of aliphatic carboxylic acids is 1. The van der Waals surface area contributed by atoms with Crippen molar-refractivity contribution in [3.05, 3.63) is 29.3 Å². The van der Waals surface area contributed by atoms with Crippen LogP contribution in [0.5, 0.6) is 5.75 Å². The molecule has 0 aliphatic carbocycles. The average molecular weight is 210 g/mol. The Bertz CT molecular complexity index is 360. The molecule has 1 unspecified atom stereocenters. The second kappa shape index (κ2) is 4.79. The lowest BCUT2D eigenvalue weighted by Crippen LogP contribution is -2.24. The highest BCUT2D eigenvalue weighted by molar-refractivity contribution is 5.73. The van der Waals surface area contributed by atoms with Crippen molar-refractivity contribution in [2.75, 3.05) is 7.11 Å². The molecule has 0 heterocycles. The predicted molar refractivity (Wildman–Crippen MR) is 55.0 cm³/mol. The molecule has 15 heavy (non-hydrogen) atoms. The average Bonchev–Trinajstić information content (AvgIpc) is 2.19. The van der Waals surface area contributed by atoms with E-state index in [2.05, 4.69) is 0 Å². The van der Waals surface area contributed by atoms with Crippen molar-refractivity contribution < 1.29 is 19.7 Å². The van der Waals surface area contributed by atoms with E-state index >= 15 is 0 Å². The van der Waals surface area contributed by atoms with Crippen molar-refractivity contribution in [1.82, 2.24) is 0 Å². The quantitative estimate of drug-likeness (QED) is 0.787. The Balaban J connectivity index is 2.88. The van der Waals surface area contributed by atoms with E-state index in [-0.39, 0.29) is 12.2 Å². The third-order valence-corrected chi connectivity index (χ3v) is 2.29. The number of ether oxygens (including phenoxy) is 1. The van der Waals surface area contributed by atoms with Crippen LogP contribution in [0.3, 0.4) is 0 Å². The zero-order valence-corrected chi connectivity index (χ0v) is 8.73. The molecule has 4 heteroatoms. The molecule has 0 saturated heterocycles. The fourth-order valence-corrected chi connectivity index (χ4v) is 1.36. The van der Waals surface area contributed by atoms with Gasteiger partial charge in [-0.15, -0.1) is 0 Å². The molecule has 0 spiro atoms. The fourth-order valence-electron chi connectivity index (χ4n) is 1.36. The molecule has 0 bridgehead atoms. The van der Waals surface area contributed by atoms with E-state index in [4.69, 9.17) is 9.84 Å². The highest BCUT2D eigenvalue weighted by atomic mass is 16.5. The normalized spacial score (nSPS) is 12.4. The molecule has 1 aromatic carbocycles. The molecule has 4 nitrogen and oxygen atoms in total. The maximum Gasteiger partial charge on any atom is 0.333 e. The number of phenols is 1. The highest BCUT2D eigenvalue weighted by Gasteiger charge is 2.18. The SMILES string of the molecule is COC(Cc1cccc(C)c1O)C(=O)O. The van der Waals surface area contributed by atoms with Crippen LogP contribution in [0.2, 0.25) is 0 Å². The van der Waals surface area contributed by atoms with Crippen LogP contribution in [-0.2, 0) is 16.0 Å². The molecule has 0 aliphatic heterocycles. The zero-order valence-electron chi connectivity index (χ0n) is 8.73. The molecular weight excluding hydrogens is 196 g/mol. The third kappa shape index (κ3) is 2.70. The van der Waals surface area contributed by atoms with E-state index < -0.39 is 12.1 Å². The maximum absolute atomic E-state index is 10.7. The van der Waals surface area contributed by atoms with Crippen LogP contribution in [0.4, 0.5) is 0 Å². The monoisotopic (exact) mass is 210 g/mol. The van der Waals surface area contributed by atoms with E-state index in [1.807, 2.05) is 0 Å². The van der Waals surface area contributed by atoms with Crippen molar-refractivity contribution >= 4 is 5.97 Å². The number of carboxylic acids is 1. The lowest BCUT2D eigenvalue weighted by molar-refractivity contribution is -0.148. The number of methoxy groups -OCH3 is 1. The van der Waals surface area contributed by atoms with Crippen molar-refractivity contribution in [3.8, 4) is 5.75 Å². The largest absolute Gasteiger partial charge is 0.507 e. The first kappa shape index (κ1) is 11.5. The predicted octanol–water partition coefficient (Wildman–Crippen LogP) is 1.34. The van der Waals surface area contributed by atoms with Crippen LogP contribution >= 0.6 is 0 Å². The molecule has 1 rings (SSSR count). The van der Waals surface area contributed by atoms with Crippen LogP contribution in [-0.4, -0.2) is 29.4 Å². The van der Waals surface area contributed by atoms with E-state index in [9.17, 15) is 9.90 Å². The lowest BCUT2D eigenvalue weighted by atomic mass is 10.0. The molecule has 2 N–H and O–H groups in total.